The van der Waals surface area contributed by atoms with Gasteiger partial charge in [-0.1, -0.05) is 119 Å². The first-order valence-electron chi connectivity index (χ1n) is 14.1. The molecule has 1 heterocycles. The van der Waals surface area contributed by atoms with Gasteiger partial charge in [0.25, 0.3) is 0 Å². The molecule has 2 N–H and O–H groups in total. The highest BCUT2D eigenvalue weighted by Gasteiger charge is 2.12. The number of aromatic nitrogens is 1. The van der Waals surface area contributed by atoms with Crippen molar-refractivity contribution in [3.63, 3.8) is 0 Å². The van der Waals surface area contributed by atoms with Crippen LogP contribution in [-0.4, -0.2) is 12.6 Å². The van der Waals surface area contributed by atoms with Gasteiger partial charge in [0.2, 0.25) is 5.51 Å². The number of para-hydroxylation sites is 1. The third-order valence-electron chi connectivity index (χ3n) is 6.60. The fraction of sp³-hybridized carbons (Fsp3) is 0.484. The lowest BCUT2D eigenvalue weighted by Crippen LogP contribution is -3.00. The molecule has 3 aromatic rings. The number of thiazole rings is 1. The van der Waals surface area contributed by atoms with E-state index in [1.807, 2.05) is 47.4 Å². The van der Waals surface area contributed by atoms with E-state index in [9.17, 15) is 4.79 Å². The molecule has 0 fully saturated rings. The van der Waals surface area contributed by atoms with Gasteiger partial charge in [-0.05, 0) is 24.6 Å². The van der Waals surface area contributed by atoms with E-state index in [2.05, 4.69) is 22.1 Å². The van der Waals surface area contributed by atoms with Gasteiger partial charge in [-0.15, -0.1) is 0 Å². The van der Waals surface area contributed by atoms with Crippen LogP contribution in [0, 0.1) is 0 Å². The predicted octanol–water partition coefficient (Wildman–Crippen LogP) is 6.47. The Morgan fingerprint density at radius 3 is 2.15 bits per heavy atom. The quantitative estimate of drug-likeness (QED) is 0.124. The van der Waals surface area contributed by atoms with Gasteiger partial charge in [0.15, 0.2) is 12.7 Å². The average Bonchev–Trinajstić information content (AvgIpc) is 3.43. The summed E-state index contributed by atoms with van der Waals surface area (Å²) in [6.45, 7) is 3.64. The number of carbonyl (C=O) groups is 1. The van der Waals surface area contributed by atoms with Crippen LogP contribution in [-0.2, 0) is 6.54 Å². The molecule has 0 aliphatic heterocycles. The molecule has 0 atom stereocenters. The highest BCUT2D eigenvalue weighted by Crippen LogP contribution is 2.27. The van der Waals surface area contributed by atoms with Crippen molar-refractivity contribution in [1.29, 1.82) is 0 Å². The molecule has 39 heavy (non-hydrogen) atoms. The maximum Gasteiger partial charge on any atom is 0.323 e. The average molecular weight is 637 g/mol. The Bertz CT molecular complexity index is 1080. The smallest absolute Gasteiger partial charge is 0.323 e. The Kier molecular flexibility index (Phi) is 16.9. The molecule has 0 bridgehead atoms. The highest BCUT2D eigenvalue weighted by atomic mass is 79.9. The van der Waals surface area contributed by atoms with Crippen molar-refractivity contribution in [1.82, 2.24) is 0 Å². The van der Waals surface area contributed by atoms with E-state index >= 15 is 0 Å². The molecule has 214 valence electrons. The normalized spacial score (nSPS) is 10.6. The van der Waals surface area contributed by atoms with Crippen molar-refractivity contribution in [2.75, 3.05) is 17.2 Å². The Morgan fingerprint density at radius 1 is 0.872 bits per heavy atom. The van der Waals surface area contributed by atoms with Crippen molar-refractivity contribution < 1.29 is 31.1 Å². The van der Waals surface area contributed by atoms with Crippen LogP contribution in [0.4, 0.5) is 16.2 Å². The van der Waals surface area contributed by atoms with Gasteiger partial charge in [0.05, 0.1) is 28.4 Å². The molecule has 8 heteroatoms. The van der Waals surface area contributed by atoms with E-state index in [0.29, 0.717) is 23.9 Å². The topological polar surface area (TPSA) is 54.2 Å². The first-order valence-corrected chi connectivity index (χ1v) is 15.5. The van der Waals surface area contributed by atoms with Crippen molar-refractivity contribution in [3.05, 3.63) is 70.1 Å². The van der Waals surface area contributed by atoms with Crippen LogP contribution in [0.3, 0.4) is 0 Å². The molecule has 2 aromatic carbocycles. The molecule has 0 unspecified atom stereocenters. The van der Waals surface area contributed by atoms with Crippen LogP contribution >= 0.6 is 22.9 Å². The minimum atomic E-state index is -0.333. The SMILES string of the molecule is CCCCCCCCCCCCCCOc1ccc(NC(=O)Nc2ccccc2C[n+]2ccsc2)c(Cl)c1.[Br-]. The largest absolute Gasteiger partial charge is 1.00 e. The second-order valence-corrected chi connectivity index (χ2v) is 11.0. The zero-order valence-electron chi connectivity index (χ0n) is 23.1. The lowest BCUT2D eigenvalue weighted by Gasteiger charge is -2.12. The van der Waals surface area contributed by atoms with Crippen LogP contribution in [0.2, 0.25) is 5.02 Å². The summed E-state index contributed by atoms with van der Waals surface area (Å²) in [5, 5.41) is 8.27. The van der Waals surface area contributed by atoms with Crippen molar-refractivity contribution in [2.24, 2.45) is 0 Å². The van der Waals surface area contributed by atoms with Crippen molar-refractivity contribution in [3.8, 4) is 5.75 Å². The minimum absolute atomic E-state index is 0. The van der Waals surface area contributed by atoms with E-state index in [1.165, 1.54) is 70.6 Å². The standard InChI is InChI=1S/C31H42ClN3O2S.BrH/c1-2-3-4-5-6-7-8-9-10-11-12-15-21-37-27-18-19-30(28(32)23-27)34-31(36)33-29-17-14-13-16-26(29)24-35-20-22-38-25-35;/h13-14,16-20,22-23,25H,2-12,15,21,24H2,1H3,(H-,33,34,36);1H. The number of amides is 2. The summed E-state index contributed by atoms with van der Waals surface area (Å²) in [4.78, 5) is 12.7. The van der Waals surface area contributed by atoms with Crippen LogP contribution < -0.4 is 36.9 Å². The number of ether oxygens (including phenoxy) is 1. The minimum Gasteiger partial charge on any atom is -1.00 e. The first kappa shape index (κ1) is 33.1. The number of anilines is 2. The summed E-state index contributed by atoms with van der Waals surface area (Å²) < 4.78 is 7.97. The van der Waals surface area contributed by atoms with Gasteiger partial charge in [-0.2, -0.15) is 4.57 Å². The van der Waals surface area contributed by atoms with Crippen LogP contribution in [0.5, 0.6) is 5.75 Å². The second-order valence-electron chi connectivity index (χ2n) is 9.81. The summed E-state index contributed by atoms with van der Waals surface area (Å²) >= 11 is 8.07. The van der Waals surface area contributed by atoms with Gasteiger partial charge in [0.1, 0.15) is 5.75 Å². The third kappa shape index (κ3) is 13.2. The third-order valence-corrected chi connectivity index (χ3v) is 7.59. The van der Waals surface area contributed by atoms with Gasteiger partial charge >= 0.3 is 6.03 Å². The number of urea groups is 1. The summed E-state index contributed by atoms with van der Waals surface area (Å²) in [5.74, 6) is 0.724. The lowest BCUT2D eigenvalue weighted by molar-refractivity contribution is -0.683. The summed E-state index contributed by atoms with van der Waals surface area (Å²) in [5.41, 5.74) is 4.38. The Labute approximate surface area is 254 Å². The number of rotatable bonds is 18. The lowest BCUT2D eigenvalue weighted by atomic mass is 10.1. The van der Waals surface area contributed by atoms with Crippen molar-refractivity contribution >= 4 is 40.3 Å². The zero-order valence-corrected chi connectivity index (χ0v) is 26.3. The van der Waals surface area contributed by atoms with E-state index in [0.717, 1.165) is 23.4 Å². The maximum atomic E-state index is 12.7. The van der Waals surface area contributed by atoms with E-state index in [-0.39, 0.29) is 23.0 Å². The number of hydrogen-bond acceptors (Lipinski definition) is 3. The number of carbonyl (C=O) groups excluding carboxylic acids is 1. The number of nitrogens with zero attached hydrogens (tertiary/aromatic N) is 1. The Hall–Kier alpha value is -2.09. The van der Waals surface area contributed by atoms with Crippen LogP contribution in [0.1, 0.15) is 89.5 Å². The molecule has 5 nitrogen and oxygen atoms in total. The molecule has 0 saturated heterocycles. The molecule has 0 aliphatic rings. The fourth-order valence-electron chi connectivity index (χ4n) is 4.42. The van der Waals surface area contributed by atoms with Gasteiger partial charge in [-0.25, -0.2) is 4.79 Å². The molecular formula is C31H43BrClN3O2S. The number of hydrogen-bond donors (Lipinski definition) is 2. The summed E-state index contributed by atoms with van der Waals surface area (Å²) in [6, 6.07) is 12.9. The summed E-state index contributed by atoms with van der Waals surface area (Å²) in [7, 11) is 0. The number of unbranched alkanes of at least 4 members (excludes halogenated alkanes) is 11. The monoisotopic (exact) mass is 635 g/mol. The van der Waals surface area contributed by atoms with Crippen LogP contribution in [0.15, 0.2) is 59.6 Å². The summed E-state index contributed by atoms with van der Waals surface area (Å²) in [6.07, 6.45) is 17.9. The van der Waals surface area contributed by atoms with Gasteiger partial charge in [0, 0.05) is 11.6 Å². The molecule has 0 radical (unpaired) electrons. The molecule has 0 saturated carbocycles. The van der Waals surface area contributed by atoms with Crippen molar-refractivity contribution in [2.45, 2.75) is 90.5 Å². The number of benzene rings is 2. The first-order chi connectivity index (χ1) is 18.7. The van der Waals surface area contributed by atoms with E-state index in [1.54, 1.807) is 23.5 Å². The Morgan fingerprint density at radius 2 is 1.51 bits per heavy atom. The predicted molar refractivity (Wildman–Crippen MR) is 161 cm³/mol. The molecule has 3 rings (SSSR count). The number of nitrogens with one attached hydrogen (secondary N) is 2. The second kappa shape index (κ2) is 19.9. The molecular weight excluding hydrogens is 594 g/mol. The maximum absolute atomic E-state index is 12.7. The fourth-order valence-corrected chi connectivity index (χ4v) is 5.24. The van der Waals surface area contributed by atoms with Gasteiger partial charge < -0.3 is 32.4 Å². The molecule has 0 aliphatic carbocycles. The van der Waals surface area contributed by atoms with Crippen LogP contribution in [0.25, 0.3) is 0 Å². The highest BCUT2D eigenvalue weighted by molar-refractivity contribution is 7.07. The molecule has 0 spiro atoms. The van der Waals surface area contributed by atoms with Gasteiger partial charge in [-0.3, -0.25) is 0 Å². The Balaban J connectivity index is 0.00000533. The molecule has 2 amide bonds. The van der Waals surface area contributed by atoms with E-state index < -0.39 is 0 Å². The molecule has 1 aromatic heterocycles. The zero-order chi connectivity index (χ0) is 26.8. The van der Waals surface area contributed by atoms with E-state index in [4.69, 9.17) is 16.3 Å². The number of halogens is 2.